The summed E-state index contributed by atoms with van der Waals surface area (Å²) in [5.74, 6) is -0.947. The Morgan fingerprint density at radius 1 is 1.00 bits per heavy atom. The molecule has 7 nitrogen and oxygen atoms in total. The maximum absolute atomic E-state index is 12.7. The molecular weight excluding hydrogens is 444 g/mol. The van der Waals surface area contributed by atoms with E-state index in [2.05, 4.69) is 34.9 Å². The summed E-state index contributed by atoms with van der Waals surface area (Å²) in [6.45, 7) is 3.93. The van der Waals surface area contributed by atoms with E-state index in [9.17, 15) is 19.5 Å². The van der Waals surface area contributed by atoms with Gasteiger partial charge in [0.15, 0.2) is 0 Å². The van der Waals surface area contributed by atoms with Gasteiger partial charge >= 0.3 is 12.1 Å². The number of amides is 2. The molecule has 0 saturated heterocycles. The zero-order valence-electron chi connectivity index (χ0n) is 20.4. The maximum Gasteiger partial charge on any atom is 0.407 e. The molecule has 3 N–H and O–H groups in total. The third kappa shape index (κ3) is 5.34. The van der Waals surface area contributed by atoms with Gasteiger partial charge in [0.2, 0.25) is 5.91 Å². The van der Waals surface area contributed by atoms with Crippen LogP contribution in [0.5, 0.6) is 0 Å². The SMILES string of the molecule is CCC(CC)(CNC(=O)CC(NC(=O)OCC1c2ccccc2-c2ccccc21)C1CC1)C(=O)O. The molecule has 2 amide bonds. The van der Waals surface area contributed by atoms with E-state index in [1.807, 2.05) is 38.1 Å². The molecule has 1 unspecified atom stereocenters. The van der Waals surface area contributed by atoms with Gasteiger partial charge in [-0.3, -0.25) is 9.59 Å². The molecule has 0 heterocycles. The number of carbonyl (C=O) groups is 3. The van der Waals surface area contributed by atoms with Crippen molar-refractivity contribution in [1.29, 1.82) is 0 Å². The van der Waals surface area contributed by atoms with Gasteiger partial charge in [0.05, 0.1) is 5.41 Å². The van der Waals surface area contributed by atoms with Crippen molar-refractivity contribution < 1.29 is 24.2 Å². The van der Waals surface area contributed by atoms with Crippen LogP contribution in [-0.2, 0) is 14.3 Å². The van der Waals surface area contributed by atoms with Crippen LogP contribution in [0.15, 0.2) is 48.5 Å². The molecule has 35 heavy (non-hydrogen) atoms. The Bertz CT molecular complexity index is 1040. The van der Waals surface area contributed by atoms with Crippen LogP contribution in [0.25, 0.3) is 11.1 Å². The van der Waals surface area contributed by atoms with Gasteiger partial charge in [-0.25, -0.2) is 4.79 Å². The van der Waals surface area contributed by atoms with Crippen LogP contribution in [0.4, 0.5) is 4.79 Å². The van der Waals surface area contributed by atoms with Crippen LogP contribution in [0, 0.1) is 11.3 Å². The Balaban J connectivity index is 1.33. The molecule has 2 aliphatic rings. The number of alkyl carbamates (subject to hydrolysis) is 1. The third-order valence-corrected chi connectivity index (χ3v) is 7.67. The van der Waals surface area contributed by atoms with Gasteiger partial charge in [0.25, 0.3) is 0 Å². The molecular formula is C28H34N2O5. The monoisotopic (exact) mass is 478 g/mol. The minimum absolute atomic E-state index is 0.0250. The van der Waals surface area contributed by atoms with Crippen LogP contribution >= 0.6 is 0 Å². The van der Waals surface area contributed by atoms with Gasteiger partial charge in [0, 0.05) is 24.9 Å². The van der Waals surface area contributed by atoms with E-state index in [1.165, 1.54) is 11.1 Å². The summed E-state index contributed by atoms with van der Waals surface area (Å²) in [4.78, 5) is 37.0. The van der Waals surface area contributed by atoms with Crippen molar-refractivity contribution in [1.82, 2.24) is 10.6 Å². The number of nitrogens with one attached hydrogen (secondary N) is 2. The van der Waals surface area contributed by atoms with Crippen molar-refractivity contribution in [2.24, 2.45) is 11.3 Å². The van der Waals surface area contributed by atoms with Gasteiger partial charge in [-0.15, -0.1) is 0 Å². The first-order valence-electron chi connectivity index (χ1n) is 12.5. The number of carboxylic acids is 1. The highest BCUT2D eigenvalue weighted by Crippen LogP contribution is 2.44. The van der Waals surface area contributed by atoms with Gasteiger partial charge in [0.1, 0.15) is 6.61 Å². The summed E-state index contributed by atoms with van der Waals surface area (Å²) < 4.78 is 5.65. The third-order valence-electron chi connectivity index (χ3n) is 7.67. The van der Waals surface area contributed by atoms with Gasteiger partial charge in [-0.05, 0) is 53.9 Å². The van der Waals surface area contributed by atoms with Crippen molar-refractivity contribution in [3.63, 3.8) is 0 Å². The van der Waals surface area contributed by atoms with E-state index >= 15 is 0 Å². The number of aliphatic carboxylic acids is 1. The lowest BCUT2D eigenvalue weighted by Gasteiger charge is -2.27. The Morgan fingerprint density at radius 3 is 2.09 bits per heavy atom. The molecule has 1 atom stereocenters. The normalized spacial score (nSPS) is 15.6. The first-order chi connectivity index (χ1) is 16.9. The molecule has 0 spiro atoms. The lowest BCUT2D eigenvalue weighted by Crippen LogP contribution is -2.45. The molecule has 0 aliphatic heterocycles. The predicted octanol–water partition coefficient (Wildman–Crippen LogP) is 4.70. The maximum atomic E-state index is 12.7. The quantitative estimate of drug-likeness (QED) is 0.434. The van der Waals surface area contributed by atoms with Crippen LogP contribution in [-0.4, -0.2) is 42.3 Å². The highest BCUT2D eigenvalue weighted by Gasteiger charge is 2.37. The predicted molar refractivity (Wildman–Crippen MR) is 133 cm³/mol. The molecule has 4 rings (SSSR count). The highest BCUT2D eigenvalue weighted by atomic mass is 16.5. The first kappa shape index (κ1) is 24.8. The van der Waals surface area contributed by atoms with Crippen LogP contribution in [0.2, 0.25) is 0 Å². The van der Waals surface area contributed by atoms with Crippen molar-refractivity contribution in [2.45, 2.75) is 57.9 Å². The number of ether oxygens (including phenoxy) is 1. The summed E-state index contributed by atoms with van der Waals surface area (Å²) in [5.41, 5.74) is 3.66. The van der Waals surface area contributed by atoms with Gasteiger partial charge in [-0.2, -0.15) is 0 Å². The fraction of sp³-hybridized carbons (Fsp3) is 0.464. The van der Waals surface area contributed by atoms with E-state index < -0.39 is 17.5 Å². The highest BCUT2D eigenvalue weighted by molar-refractivity contribution is 5.81. The number of benzene rings is 2. The Morgan fingerprint density at radius 2 is 1.57 bits per heavy atom. The second kappa shape index (κ2) is 10.5. The largest absolute Gasteiger partial charge is 0.481 e. The number of carboxylic acid groups (broad SMARTS) is 1. The van der Waals surface area contributed by atoms with E-state index in [0.29, 0.717) is 12.8 Å². The molecule has 2 aromatic carbocycles. The molecule has 1 saturated carbocycles. The fourth-order valence-electron chi connectivity index (χ4n) is 5.04. The van der Waals surface area contributed by atoms with E-state index in [0.717, 1.165) is 24.0 Å². The summed E-state index contributed by atoms with van der Waals surface area (Å²) in [6, 6.07) is 16.0. The molecule has 0 aromatic heterocycles. The first-order valence-corrected chi connectivity index (χ1v) is 12.5. The molecule has 7 heteroatoms. The standard InChI is InChI=1S/C28H34N2O5/c1-3-28(4-2,26(32)33)17-29-25(31)15-24(18-13-14-18)30-27(34)35-16-23-21-11-7-5-9-19(21)20-10-6-8-12-22(20)23/h5-12,18,23-24H,3-4,13-17H2,1-2H3,(H,29,31)(H,30,34)(H,32,33). The molecule has 186 valence electrons. The second-order valence-electron chi connectivity index (χ2n) is 9.69. The Labute approximate surface area is 206 Å². The summed E-state index contributed by atoms with van der Waals surface area (Å²) in [7, 11) is 0. The van der Waals surface area contributed by atoms with Crippen LogP contribution < -0.4 is 10.6 Å². The molecule has 0 bridgehead atoms. The van der Waals surface area contributed by atoms with E-state index in [1.54, 1.807) is 0 Å². The van der Waals surface area contributed by atoms with Crippen LogP contribution in [0.3, 0.4) is 0 Å². The van der Waals surface area contributed by atoms with Crippen molar-refractivity contribution >= 4 is 18.0 Å². The van der Waals surface area contributed by atoms with Gasteiger partial charge in [-0.1, -0.05) is 62.4 Å². The topological polar surface area (TPSA) is 105 Å². The molecule has 2 aliphatic carbocycles. The van der Waals surface area contributed by atoms with E-state index in [4.69, 9.17) is 4.74 Å². The minimum Gasteiger partial charge on any atom is -0.481 e. The second-order valence-corrected chi connectivity index (χ2v) is 9.69. The minimum atomic E-state index is -0.967. The number of fused-ring (bicyclic) bond motifs is 3. The lowest BCUT2D eigenvalue weighted by molar-refractivity contribution is -0.149. The Kier molecular flexibility index (Phi) is 7.43. The number of carbonyl (C=O) groups excluding carboxylic acids is 2. The van der Waals surface area contributed by atoms with Gasteiger partial charge < -0.3 is 20.5 Å². The van der Waals surface area contributed by atoms with Crippen LogP contribution in [0.1, 0.15) is 63.0 Å². The smallest absolute Gasteiger partial charge is 0.407 e. The Hall–Kier alpha value is -3.35. The van der Waals surface area contributed by atoms with Crippen molar-refractivity contribution in [3.8, 4) is 11.1 Å². The molecule has 2 aromatic rings. The number of rotatable bonds is 11. The fourth-order valence-corrected chi connectivity index (χ4v) is 5.04. The molecule has 1 fully saturated rings. The summed E-state index contributed by atoms with van der Waals surface area (Å²) in [6.07, 6.45) is 2.35. The number of hydrogen-bond donors (Lipinski definition) is 3. The zero-order chi connectivity index (χ0) is 25.0. The average Bonchev–Trinajstić information content (AvgIpc) is 3.66. The summed E-state index contributed by atoms with van der Waals surface area (Å²) >= 11 is 0. The van der Waals surface area contributed by atoms with Crippen molar-refractivity contribution in [3.05, 3.63) is 59.7 Å². The zero-order valence-corrected chi connectivity index (χ0v) is 20.4. The summed E-state index contributed by atoms with van der Waals surface area (Å²) in [5, 5.41) is 15.3. The molecule has 0 radical (unpaired) electrons. The van der Waals surface area contributed by atoms with E-state index in [-0.39, 0.29) is 43.4 Å². The average molecular weight is 479 g/mol. The number of hydrogen-bond acceptors (Lipinski definition) is 4. The lowest BCUT2D eigenvalue weighted by atomic mass is 9.82. The van der Waals surface area contributed by atoms with Crippen molar-refractivity contribution in [2.75, 3.05) is 13.2 Å².